The van der Waals surface area contributed by atoms with Crippen LogP contribution in [0.1, 0.15) is 13.3 Å². The van der Waals surface area contributed by atoms with Crippen LogP contribution in [0.25, 0.3) is 11.3 Å². The number of aromatic nitrogens is 2. The smallest absolute Gasteiger partial charge is 0.221 e. The second-order valence-corrected chi connectivity index (χ2v) is 5.74. The molecule has 0 fully saturated rings. The predicted molar refractivity (Wildman–Crippen MR) is 91.6 cm³/mol. The highest BCUT2D eigenvalue weighted by atomic mass is 16.5. The molecule has 0 radical (unpaired) electrons. The Bertz CT molecular complexity index is 664. The van der Waals surface area contributed by atoms with E-state index in [9.17, 15) is 4.79 Å². The summed E-state index contributed by atoms with van der Waals surface area (Å²) in [5.41, 5.74) is 2.61. The Hall–Kier alpha value is -2.34. The molecule has 0 atom stereocenters. The average Bonchev–Trinajstić information content (AvgIpc) is 2.90. The third-order valence-electron chi connectivity index (χ3n) is 3.40. The number of carbonyl (C=O) groups is 1. The molecular weight excluding hydrogens is 292 g/mol. The second-order valence-electron chi connectivity index (χ2n) is 5.74. The zero-order valence-corrected chi connectivity index (χ0v) is 14.2. The van der Waals surface area contributed by atoms with Crippen molar-refractivity contribution in [1.29, 1.82) is 0 Å². The fourth-order valence-electron chi connectivity index (χ4n) is 2.34. The molecule has 6 nitrogen and oxygen atoms in total. The van der Waals surface area contributed by atoms with Crippen LogP contribution < -0.4 is 10.1 Å². The molecule has 1 aromatic carbocycles. The van der Waals surface area contributed by atoms with Gasteiger partial charge in [0.15, 0.2) is 0 Å². The second kappa shape index (κ2) is 7.78. The predicted octanol–water partition coefficient (Wildman–Crippen LogP) is 2.38. The van der Waals surface area contributed by atoms with Gasteiger partial charge in [-0.1, -0.05) is 0 Å². The summed E-state index contributed by atoms with van der Waals surface area (Å²) in [5.74, 6) is 0.696. The Morgan fingerprint density at radius 1 is 1.35 bits per heavy atom. The first kappa shape index (κ1) is 17.0. The first-order valence-corrected chi connectivity index (χ1v) is 7.65. The number of ether oxygens (including phenoxy) is 1. The van der Waals surface area contributed by atoms with Crippen LogP contribution in [0.15, 0.2) is 30.5 Å². The topological polar surface area (TPSA) is 59.4 Å². The standard InChI is InChI=1S/C17H24N4O2/c1-13(22)19-14-6-7-17(23-11-5-10-20(2)3)15(12-14)16-8-9-18-21(16)4/h6-9,12H,5,10-11H2,1-4H3,(H,19,22). The van der Waals surface area contributed by atoms with E-state index in [4.69, 9.17) is 4.74 Å². The molecule has 0 spiro atoms. The number of aryl methyl sites for hydroxylation is 1. The monoisotopic (exact) mass is 316 g/mol. The number of amides is 1. The minimum Gasteiger partial charge on any atom is -0.493 e. The van der Waals surface area contributed by atoms with Gasteiger partial charge in [0, 0.05) is 38.0 Å². The Morgan fingerprint density at radius 2 is 2.13 bits per heavy atom. The zero-order chi connectivity index (χ0) is 16.8. The van der Waals surface area contributed by atoms with Crippen LogP contribution in [0.3, 0.4) is 0 Å². The lowest BCUT2D eigenvalue weighted by Crippen LogP contribution is -2.15. The molecule has 1 amide bonds. The Kier molecular flexibility index (Phi) is 5.76. The van der Waals surface area contributed by atoms with E-state index in [-0.39, 0.29) is 5.91 Å². The van der Waals surface area contributed by atoms with Gasteiger partial charge in [-0.2, -0.15) is 5.10 Å². The van der Waals surface area contributed by atoms with Crippen LogP contribution in [-0.2, 0) is 11.8 Å². The van der Waals surface area contributed by atoms with Gasteiger partial charge in [0.05, 0.1) is 12.3 Å². The van der Waals surface area contributed by atoms with Gasteiger partial charge in [-0.3, -0.25) is 9.48 Å². The number of benzene rings is 1. The third kappa shape index (κ3) is 4.82. The summed E-state index contributed by atoms with van der Waals surface area (Å²) >= 11 is 0. The molecule has 0 aliphatic rings. The zero-order valence-electron chi connectivity index (χ0n) is 14.2. The van der Waals surface area contributed by atoms with Crippen molar-refractivity contribution in [1.82, 2.24) is 14.7 Å². The van der Waals surface area contributed by atoms with Crippen LogP contribution in [0.2, 0.25) is 0 Å². The van der Waals surface area contributed by atoms with Crippen LogP contribution in [0, 0.1) is 0 Å². The fourth-order valence-corrected chi connectivity index (χ4v) is 2.34. The van der Waals surface area contributed by atoms with Crippen LogP contribution in [0.4, 0.5) is 5.69 Å². The summed E-state index contributed by atoms with van der Waals surface area (Å²) in [4.78, 5) is 13.4. The molecular formula is C17H24N4O2. The minimum atomic E-state index is -0.0967. The van der Waals surface area contributed by atoms with Crippen molar-refractivity contribution >= 4 is 11.6 Å². The largest absolute Gasteiger partial charge is 0.493 e. The number of carbonyl (C=O) groups excluding carboxylic acids is 1. The van der Waals surface area contributed by atoms with Gasteiger partial charge in [-0.05, 0) is 44.8 Å². The summed E-state index contributed by atoms with van der Waals surface area (Å²) in [6.07, 6.45) is 2.70. The average molecular weight is 316 g/mol. The van der Waals surface area contributed by atoms with Gasteiger partial charge in [0.1, 0.15) is 5.75 Å². The van der Waals surface area contributed by atoms with E-state index in [2.05, 4.69) is 15.3 Å². The van der Waals surface area contributed by atoms with Crippen molar-refractivity contribution in [2.24, 2.45) is 7.05 Å². The molecule has 6 heteroatoms. The number of nitrogens with zero attached hydrogens (tertiary/aromatic N) is 3. The van der Waals surface area contributed by atoms with Gasteiger partial charge in [-0.25, -0.2) is 0 Å². The van der Waals surface area contributed by atoms with Crippen molar-refractivity contribution in [2.75, 3.05) is 32.6 Å². The maximum Gasteiger partial charge on any atom is 0.221 e. The van der Waals surface area contributed by atoms with Gasteiger partial charge >= 0.3 is 0 Å². The summed E-state index contributed by atoms with van der Waals surface area (Å²) < 4.78 is 7.74. The van der Waals surface area contributed by atoms with E-state index in [1.165, 1.54) is 6.92 Å². The number of nitrogens with one attached hydrogen (secondary N) is 1. The van der Waals surface area contributed by atoms with Crippen molar-refractivity contribution in [3.05, 3.63) is 30.5 Å². The molecule has 0 unspecified atom stereocenters. The van der Waals surface area contributed by atoms with Gasteiger partial charge in [0.25, 0.3) is 0 Å². The van der Waals surface area contributed by atoms with Gasteiger partial charge < -0.3 is 15.0 Å². The highest BCUT2D eigenvalue weighted by Gasteiger charge is 2.12. The lowest BCUT2D eigenvalue weighted by atomic mass is 10.1. The number of anilines is 1. The van der Waals surface area contributed by atoms with Crippen molar-refractivity contribution in [2.45, 2.75) is 13.3 Å². The molecule has 0 aliphatic carbocycles. The molecule has 0 aliphatic heterocycles. The molecule has 2 aromatic rings. The lowest BCUT2D eigenvalue weighted by Gasteiger charge is -2.15. The molecule has 23 heavy (non-hydrogen) atoms. The number of rotatable bonds is 7. The van der Waals surface area contributed by atoms with E-state index in [1.807, 2.05) is 45.4 Å². The highest BCUT2D eigenvalue weighted by Crippen LogP contribution is 2.32. The first-order chi connectivity index (χ1) is 11.0. The maximum absolute atomic E-state index is 11.3. The molecule has 1 aromatic heterocycles. The molecule has 124 valence electrons. The molecule has 0 saturated carbocycles. The summed E-state index contributed by atoms with van der Waals surface area (Å²) in [6.45, 7) is 3.11. The third-order valence-corrected chi connectivity index (χ3v) is 3.40. The molecule has 1 N–H and O–H groups in total. The lowest BCUT2D eigenvalue weighted by molar-refractivity contribution is -0.114. The Labute approximate surface area is 137 Å². The van der Waals surface area contributed by atoms with Crippen molar-refractivity contribution in [3.8, 4) is 17.0 Å². The van der Waals surface area contributed by atoms with E-state index < -0.39 is 0 Å². The number of hydrogen-bond donors (Lipinski definition) is 1. The van der Waals surface area contributed by atoms with Gasteiger partial charge in [-0.15, -0.1) is 0 Å². The van der Waals surface area contributed by atoms with E-state index in [0.29, 0.717) is 6.61 Å². The summed E-state index contributed by atoms with van der Waals surface area (Å²) in [6, 6.07) is 7.59. The van der Waals surface area contributed by atoms with Crippen LogP contribution in [-0.4, -0.2) is 47.8 Å². The quantitative estimate of drug-likeness (QED) is 0.797. The van der Waals surface area contributed by atoms with Crippen LogP contribution >= 0.6 is 0 Å². The normalized spacial score (nSPS) is 10.8. The van der Waals surface area contributed by atoms with E-state index in [0.717, 1.165) is 35.7 Å². The van der Waals surface area contributed by atoms with E-state index >= 15 is 0 Å². The van der Waals surface area contributed by atoms with Crippen LogP contribution in [0.5, 0.6) is 5.75 Å². The highest BCUT2D eigenvalue weighted by molar-refractivity contribution is 5.90. The van der Waals surface area contributed by atoms with Crippen molar-refractivity contribution < 1.29 is 9.53 Å². The SMILES string of the molecule is CC(=O)Nc1ccc(OCCCN(C)C)c(-c2ccnn2C)c1. The molecule has 0 bridgehead atoms. The number of hydrogen-bond acceptors (Lipinski definition) is 4. The maximum atomic E-state index is 11.3. The Balaban J connectivity index is 2.22. The molecule has 0 saturated heterocycles. The molecule has 1 heterocycles. The van der Waals surface area contributed by atoms with E-state index in [1.54, 1.807) is 10.9 Å². The summed E-state index contributed by atoms with van der Waals surface area (Å²) in [5, 5.41) is 7.02. The Morgan fingerprint density at radius 3 is 2.74 bits per heavy atom. The fraction of sp³-hybridized carbons (Fsp3) is 0.412. The first-order valence-electron chi connectivity index (χ1n) is 7.65. The minimum absolute atomic E-state index is 0.0967. The summed E-state index contributed by atoms with van der Waals surface area (Å²) in [7, 11) is 5.98. The van der Waals surface area contributed by atoms with Crippen molar-refractivity contribution in [3.63, 3.8) is 0 Å². The molecule has 2 rings (SSSR count). The van der Waals surface area contributed by atoms with Gasteiger partial charge in [0.2, 0.25) is 5.91 Å².